The molecule has 5 nitrogen and oxygen atoms in total. The van der Waals surface area contributed by atoms with Gasteiger partial charge in [-0.1, -0.05) is 6.07 Å². The first-order chi connectivity index (χ1) is 8.09. The van der Waals surface area contributed by atoms with Gasteiger partial charge in [-0.15, -0.1) is 0 Å². The standard InChI is InChI=1S/C11H17N3O2S/c1-10-7-13-5-6-14(10)17(15,16)9-11-3-2-4-12-8-11/h2-4,8,10,13H,5-7,9H2,1H3. The normalized spacial score (nSPS) is 22.5. The summed E-state index contributed by atoms with van der Waals surface area (Å²) in [6.45, 7) is 3.90. The highest BCUT2D eigenvalue weighted by Gasteiger charge is 2.29. The molecule has 0 bridgehead atoms. The Morgan fingerprint density at radius 3 is 3.06 bits per heavy atom. The van der Waals surface area contributed by atoms with Crippen LogP contribution in [0, 0.1) is 0 Å². The third kappa shape index (κ3) is 3.02. The number of nitrogens with one attached hydrogen (secondary N) is 1. The fourth-order valence-electron chi connectivity index (χ4n) is 2.01. The van der Waals surface area contributed by atoms with E-state index in [9.17, 15) is 8.42 Å². The highest BCUT2D eigenvalue weighted by Crippen LogP contribution is 2.14. The summed E-state index contributed by atoms with van der Waals surface area (Å²) in [7, 11) is -3.23. The maximum absolute atomic E-state index is 12.2. The number of sulfonamides is 1. The predicted molar refractivity (Wildman–Crippen MR) is 65.9 cm³/mol. The minimum Gasteiger partial charge on any atom is -0.314 e. The van der Waals surface area contributed by atoms with Crippen LogP contribution in [0.2, 0.25) is 0 Å². The summed E-state index contributed by atoms with van der Waals surface area (Å²) in [6, 6.07) is 3.56. The van der Waals surface area contributed by atoms with E-state index < -0.39 is 10.0 Å². The van der Waals surface area contributed by atoms with Gasteiger partial charge >= 0.3 is 0 Å². The zero-order chi connectivity index (χ0) is 12.3. The van der Waals surface area contributed by atoms with E-state index >= 15 is 0 Å². The molecule has 17 heavy (non-hydrogen) atoms. The van der Waals surface area contributed by atoms with Crippen LogP contribution in [0.15, 0.2) is 24.5 Å². The molecule has 1 aliphatic rings. The molecule has 0 saturated carbocycles. The van der Waals surface area contributed by atoms with E-state index in [0.717, 1.165) is 12.1 Å². The Kier molecular flexibility index (Phi) is 3.76. The summed E-state index contributed by atoms with van der Waals surface area (Å²) in [5.74, 6) is 0.0329. The SMILES string of the molecule is CC1CNCCN1S(=O)(=O)Cc1cccnc1. The van der Waals surface area contributed by atoms with E-state index in [1.54, 1.807) is 28.8 Å². The summed E-state index contributed by atoms with van der Waals surface area (Å²) < 4.78 is 26.1. The van der Waals surface area contributed by atoms with Crippen LogP contribution < -0.4 is 5.32 Å². The summed E-state index contributed by atoms with van der Waals surface area (Å²) in [6.07, 6.45) is 3.24. The quantitative estimate of drug-likeness (QED) is 0.838. The van der Waals surface area contributed by atoms with E-state index in [-0.39, 0.29) is 11.8 Å². The van der Waals surface area contributed by atoms with Gasteiger partial charge in [-0.25, -0.2) is 8.42 Å². The fourth-order valence-corrected chi connectivity index (χ4v) is 3.76. The van der Waals surface area contributed by atoms with Crippen molar-refractivity contribution in [1.82, 2.24) is 14.6 Å². The molecule has 1 aromatic heterocycles. The Balaban J connectivity index is 2.13. The van der Waals surface area contributed by atoms with Crippen molar-refractivity contribution in [3.63, 3.8) is 0 Å². The molecular formula is C11H17N3O2S. The van der Waals surface area contributed by atoms with Gasteiger partial charge in [-0.3, -0.25) is 4.98 Å². The lowest BCUT2D eigenvalue weighted by molar-refractivity contribution is 0.283. The van der Waals surface area contributed by atoms with Gasteiger partial charge in [0.25, 0.3) is 0 Å². The highest BCUT2D eigenvalue weighted by molar-refractivity contribution is 7.88. The predicted octanol–water partition coefficient (Wildman–Crippen LogP) is 0.205. The Hall–Kier alpha value is -0.980. The van der Waals surface area contributed by atoms with E-state index in [4.69, 9.17) is 0 Å². The Labute approximate surface area is 102 Å². The molecule has 0 aromatic carbocycles. The smallest absolute Gasteiger partial charge is 0.218 e. The summed E-state index contributed by atoms with van der Waals surface area (Å²) in [4.78, 5) is 3.94. The van der Waals surface area contributed by atoms with Crippen LogP contribution in [0.4, 0.5) is 0 Å². The minimum atomic E-state index is -3.23. The van der Waals surface area contributed by atoms with E-state index in [0.29, 0.717) is 13.1 Å². The van der Waals surface area contributed by atoms with Gasteiger partial charge in [0.15, 0.2) is 0 Å². The molecule has 94 valence electrons. The van der Waals surface area contributed by atoms with Crippen molar-refractivity contribution in [3.05, 3.63) is 30.1 Å². The highest BCUT2D eigenvalue weighted by atomic mass is 32.2. The van der Waals surface area contributed by atoms with Crippen molar-refractivity contribution in [3.8, 4) is 0 Å². The molecule has 0 aliphatic carbocycles. The molecular weight excluding hydrogens is 238 g/mol. The number of hydrogen-bond acceptors (Lipinski definition) is 4. The third-order valence-corrected chi connectivity index (χ3v) is 4.82. The topological polar surface area (TPSA) is 62.3 Å². The summed E-state index contributed by atoms with van der Waals surface area (Å²) in [5.41, 5.74) is 0.734. The van der Waals surface area contributed by atoms with Crippen molar-refractivity contribution in [2.45, 2.75) is 18.7 Å². The van der Waals surface area contributed by atoms with Crippen LogP contribution >= 0.6 is 0 Å². The molecule has 0 radical (unpaired) electrons. The van der Waals surface area contributed by atoms with Crippen LogP contribution in [0.5, 0.6) is 0 Å². The van der Waals surface area contributed by atoms with Crippen molar-refractivity contribution in [2.24, 2.45) is 0 Å². The van der Waals surface area contributed by atoms with Crippen LogP contribution in [0.3, 0.4) is 0 Å². The van der Waals surface area contributed by atoms with Crippen LogP contribution in [-0.2, 0) is 15.8 Å². The minimum absolute atomic E-state index is 0.0189. The van der Waals surface area contributed by atoms with Crippen molar-refractivity contribution in [1.29, 1.82) is 0 Å². The molecule has 1 atom stereocenters. The number of hydrogen-bond donors (Lipinski definition) is 1. The average molecular weight is 255 g/mol. The molecule has 0 amide bonds. The van der Waals surface area contributed by atoms with E-state index in [1.165, 1.54) is 0 Å². The Morgan fingerprint density at radius 2 is 2.41 bits per heavy atom. The lowest BCUT2D eigenvalue weighted by atomic mass is 10.3. The zero-order valence-corrected chi connectivity index (χ0v) is 10.7. The maximum atomic E-state index is 12.2. The van der Waals surface area contributed by atoms with Gasteiger partial charge in [-0.05, 0) is 18.6 Å². The van der Waals surface area contributed by atoms with E-state index in [2.05, 4.69) is 10.3 Å². The van der Waals surface area contributed by atoms with Crippen LogP contribution in [0.25, 0.3) is 0 Å². The molecule has 1 N–H and O–H groups in total. The number of piperazine rings is 1. The van der Waals surface area contributed by atoms with Gasteiger partial charge < -0.3 is 5.32 Å². The number of pyridine rings is 1. The molecule has 0 spiro atoms. The molecule has 6 heteroatoms. The first-order valence-electron chi connectivity index (χ1n) is 5.69. The largest absolute Gasteiger partial charge is 0.314 e. The fraction of sp³-hybridized carbons (Fsp3) is 0.545. The first-order valence-corrected chi connectivity index (χ1v) is 7.29. The van der Waals surface area contributed by atoms with Gasteiger partial charge in [0.1, 0.15) is 0 Å². The first kappa shape index (κ1) is 12.5. The monoisotopic (exact) mass is 255 g/mol. The molecule has 1 unspecified atom stereocenters. The van der Waals surface area contributed by atoms with Gasteiger partial charge in [0.05, 0.1) is 5.75 Å². The molecule has 1 aliphatic heterocycles. The molecule has 2 heterocycles. The molecule has 2 rings (SSSR count). The molecule has 1 saturated heterocycles. The number of rotatable bonds is 3. The second-order valence-electron chi connectivity index (χ2n) is 4.28. The van der Waals surface area contributed by atoms with Crippen LogP contribution in [0.1, 0.15) is 12.5 Å². The number of aromatic nitrogens is 1. The lowest BCUT2D eigenvalue weighted by Gasteiger charge is -2.32. The zero-order valence-electron chi connectivity index (χ0n) is 9.83. The van der Waals surface area contributed by atoms with Crippen molar-refractivity contribution < 1.29 is 8.42 Å². The maximum Gasteiger partial charge on any atom is 0.218 e. The Bertz CT molecular complexity index is 461. The summed E-state index contributed by atoms with van der Waals surface area (Å²) in [5, 5.41) is 3.18. The third-order valence-electron chi connectivity index (χ3n) is 2.87. The van der Waals surface area contributed by atoms with Crippen molar-refractivity contribution >= 4 is 10.0 Å². The molecule has 1 aromatic rings. The lowest BCUT2D eigenvalue weighted by Crippen LogP contribution is -2.52. The average Bonchev–Trinajstić information content (AvgIpc) is 2.30. The van der Waals surface area contributed by atoms with Crippen LogP contribution in [-0.4, -0.2) is 43.4 Å². The summed E-state index contributed by atoms with van der Waals surface area (Å²) >= 11 is 0. The van der Waals surface area contributed by atoms with Gasteiger partial charge in [0.2, 0.25) is 10.0 Å². The number of nitrogens with zero attached hydrogens (tertiary/aromatic N) is 2. The van der Waals surface area contributed by atoms with Gasteiger partial charge in [-0.2, -0.15) is 4.31 Å². The Morgan fingerprint density at radius 1 is 1.59 bits per heavy atom. The van der Waals surface area contributed by atoms with E-state index in [1.807, 2.05) is 6.92 Å². The molecule has 1 fully saturated rings. The second kappa shape index (κ2) is 5.12. The van der Waals surface area contributed by atoms with Crippen molar-refractivity contribution in [2.75, 3.05) is 19.6 Å². The van der Waals surface area contributed by atoms with Gasteiger partial charge in [0, 0.05) is 38.1 Å². The second-order valence-corrected chi connectivity index (χ2v) is 6.20.